The van der Waals surface area contributed by atoms with Gasteiger partial charge in [-0.2, -0.15) is 5.32 Å². The molecule has 5 heteroatoms. The van der Waals surface area contributed by atoms with Gasteiger partial charge in [-0.05, 0) is 35.9 Å². The van der Waals surface area contributed by atoms with E-state index in [1.54, 1.807) is 7.11 Å². The van der Waals surface area contributed by atoms with Crippen molar-refractivity contribution in [1.82, 2.24) is 5.32 Å². The summed E-state index contributed by atoms with van der Waals surface area (Å²) in [5.74, 6) is 0.592. The third-order valence-corrected chi connectivity index (χ3v) is 3.81. The molecule has 0 fully saturated rings. The lowest BCUT2D eigenvalue weighted by Crippen LogP contribution is -2.15. The minimum Gasteiger partial charge on any atom is -0.497 e. The number of methoxy groups -OCH3 is 1. The molecule has 4 nitrogen and oxygen atoms in total. The standard InChI is InChI=1S/C13H9N2O2S/c1-17-9-4-2-8(3-5-9)11-6-10-12(18-11)13(16)15-7-14-10/h2-7H,1H3. The molecule has 0 saturated carbocycles. The first kappa shape index (κ1) is 11.0. The molecule has 1 radical (unpaired) electrons. The molecule has 3 rings (SSSR count). The molecule has 1 aliphatic heterocycles. The average Bonchev–Trinajstić information content (AvgIpc) is 2.84. The maximum Gasteiger partial charge on any atom is 0.290 e. The van der Waals surface area contributed by atoms with Crippen LogP contribution in [0.15, 0.2) is 35.3 Å². The molecule has 1 aromatic carbocycles. The molecule has 0 aliphatic carbocycles. The molecule has 89 valence electrons. The third-order valence-electron chi connectivity index (χ3n) is 2.65. The first-order valence-electron chi connectivity index (χ1n) is 5.34. The van der Waals surface area contributed by atoms with E-state index in [0.717, 1.165) is 16.2 Å². The van der Waals surface area contributed by atoms with Crippen molar-refractivity contribution in [3.05, 3.63) is 35.2 Å². The van der Waals surface area contributed by atoms with Crippen LogP contribution >= 0.6 is 11.3 Å². The SMILES string of the molecule is COc1ccc(-c2cc3c(s2)C(=O)[N]C=N3)cc1. The lowest BCUT2D eigenvalue weighted by atomic mass is 10.2. The normalized spacial score (nSPS) is 13.1. The molecule has 1 amide bonds. The number of aliphatic imine (C=N–C) groups is 1. The maximum atomic E-state index is 11.6. The Morgan fingerprint density at radius 3 is 2.67 bits per heavy atom. The molecule has 1 aliphatic rings. The fraction of sp³-hybridized carbons (Fsp3) is 0.0769. The Bertz CT molecular complexity index is 629. The van der Waals surface area contributed by atoms with Gasteiger partial charge < -0.3 is 4.74 Å². The van der Waals surface area contributed by atoms with E-state index in [-0.39, 0.29) is 5.91 Å². The molecule has 2 aromatic rings. The minimum absolute atomic E-state index is 0.218. The fourth-order valence-electron chi connectivity index (χ4n) is 1.73. The number of hydrogen-bond donors (Lipinski definition) is 0. The monoisotopic (exact) mass is 257 g/mol. The largest absolute Gasteiger partial charge is 0.497 e. The molecular formula is C13H9N2O2S. The highest BCUT2D eigenvalue weighted by molar-refractivity contribution is 7.18. The summed E-state index contributed by atoms with van der Waals surface area (Å²) in [5, 5.41) is 3.67. The van der Waals surface area contributed by atoms with Gasteiger partial charge in [0.05, 0.1) is 12.8 Å². The molecule has 1 aromatic heterocycles. The predicted octanol–water partition coefficient (Wildman–Crippen LogP) is 2.84. The summed E-state index contributed by atoms with van der Waals surface area (Å²) < 4.78 is 5.11. The Morgan fingerprint density at radius 1 is 1.22 bits per heavy atom. The summed E-state index contributed by atoms with van der Waals surface area (Å²) in [7, 11) is 1.63. The highest BCUT2D eigenvalue weighted by atomic mass is 32.1. The molecular weight excluding hydrogens is 248 g/mol. The Labute approximate surface area is 108 Å². The van der Waals surface area contributed by atoms with E-state index >= 15 is 0 Å². The van der Waals surface area contributed by atoms with Gasteiger partial charge in [-0.25, -0.2) is 4.99 Å². The summed E-state index contributed by atoms with van der Waals surface area (Å²) in [4.78, 5) is 17.3. The molecule has 0 atom stereocenters. The van der Waals surface area contributed by atoms with E-state index in [2.05, 4.69) is 10.3 Å². The van der Waals surface area contributed by atoms with Crippen LogP contribution in [0.4, 0.5) is 5.69 Å². The van der Waals surface area contributed by atoms with Gasteiger partial charge in [0, 0.05) is 4.88 Å². The number of amides is 1. The van der Waals surface area contributed by atoms with Gasteiger partial charge in [0.25, 0.3) is 5.91 Å². The van der Waals surface area contributed by atoms with Crippen LogP contribution in [-0.2, 0) is 0 Å². The Morgan fingerprint density at radius 2 is 2.00 bits per heavy atom. The van der Waals surface area contributed by atoms with Crippen molar-refractivity contribution >= 4 is 29.3 Å². The maximum absolute atomic E-state index is 11.6. The van der Waals surface area contributed by atoms with Crippen molar-refractivity contribution in [2.75, 3.05) is 7.11 Å². The van der Waals surface area contributed by atoms with Crippen LogP contribution in [0.2, 0.25) is 0 Å². The zero-order valence-electron chi connectivity index (χ0n) is 9.58. The van der Waals surface area contributed by atoms with E-state index in [1.807, 2.05) is 30.3 Å². The number of benzene rings is 1. The quantitative estimate of drug-likeness (QED) is 0.830. The number of carbonyl (C=O) groups excluding carboxylic acids is 1. The van der Waals surface area contributed by atoms with Crippen LogP contribution < -0.4 is 10.1 Å². The second-order valence-electron chi connectivity index (χ2n) is 3.73. The Hall–Kier alpha value is -2.14. The Balaban J connectivity index is 2.02. The number of fused-ring (bicyclic) bond motifs is 1. The number of thiophene rings is 1. The summed E-state index contributed by atoms with van der Waals surface area (Å²) in [6.45, 7) is 0. The Kier molecular flexibility index (Phi) is 2.60. The average molecular weight is 257 g/mol. The van der Waals surface area contributed by atoms with Gasteiger partial charge in [-0.1, -0.05) is 0 Å². The van der Waals surface area contributed by atoms with E-state index in [9.17, 15) is 4.79 Å². The first-order valence-corrected chi connectivity index (χ1v) is 6.15. The van der Waals surface area contributed by atoms with Gasteiger partial charge in [-0.15, -0.1) is 11.3 Å². The zero-order chi connectivity index (χ0) is 12.5. The molecule has 0 unspecified atom stereocenters. The van der Waals surface area contributed by atoms with Crippen LogP contribution in [0.3, 0.4) is 0 Å². The summed E-state index contributed by atoms with van der Waals surface area (Å²) >= 11 is 1.41. The third kappa shape index (κ3) is 1.78. The predicted molar refractivity (Wildman–Crippen MR) is 70.9 cm³/mol. The molecule has 2 heterocycles. The number of rotatable bonds is 2. The van der Waals surface area contributed by atoms with E-state index < -0.39 is 0 Å². The highest BCUT2D eigenvalue weighted by Crippen LogP contribution is 2.37. The fourth-order valence-corrected chi connectivity index (χ4v) is 2.73. The van der Waals surface area contributed by atoms with Crippen LogP contribution in [0.1, 0.15) is 9.67 Å². The van der Waals surface area contributed by atoms with Crippen LogP contribution in [0, 0.1) is 0 Å². The second kappa shape index (κ2) is 4.27. The van der Waals surface area contributed by atoms with Gasteiger partial charge >= 0.3 is 0 Å². The lowest BCUT2D eigenvalue weighted by molar-refractivity contribution is 0.0978. The molecule has 0 N–H and O–H groups in total. The summed E-state index contributed by atoms with van der Waals surface area (Å²) in [6, 6.07) is 9.61. The van der Waals surface area contributed by atoms with E-state index in [0.29, 0.717) is 10.6 Å². The lowest BCUT2D eigenvalue weighted by Gasteiger charge is -2.00. The summed E-state index contributed by atoms with van der Waals surface area (Å²) in [6.07, 6.45) is 1.30. The summed E-state index contributed by atoms with van der Waals surface area (Å²) in [5.41, 5.74) is 1.74. The minimum atomic E-state index is -0.218. The molecule has 0 bridgehead atoms. The first-order chi connectivity index (χ1) is 8.78. The van der Waals surface area contributed by atoms with Crippen molar-refractivity contribution in [1.29, 1.82) is 0 Å². The van der Waals surface area contributed by atoms with Crippen LogP contribution in [-0.4, -0.2) is 19.4 Å². The molecule has 0 saturated heterocycles. The van der Waals surface area contributed by atoms with E-state index in [4.69, 9.17) is 4.74 Å². The van der Waals surface area contributed by atoms with Gasteiger partial charge in [-0.3, -0.25) is 4.79 Å². The topological polar surface area (TPSA) is 52.8 Å². The number of carbonyl (C=O) groups is 1. The van der Waals surface area contributed by atoms with E-state index in [1.165, 1.54) is 17.7 Å². The second-order valence-corrected chi connectivity index (χ2v) is 4.78. The molecule has 0 spiro atoms. The van der Waals surface area contributed by atoms with Crippen molar-refractivity contribution in [3.63, 3.8) is 0 Å². The number of nitrogens with zero attached hydrogens (tertiary/aromatic N) is 2. The smallest absolute Gasteiger partial charge is 0.290 e. The van der Waals surface area contributed by atoms with Crippen molar-refractivity contribution in [2.24, 2.45) is 4.99 Å². The van der Waals surface area contributed by atoms with Crippen LogP contribution in [0.5, 0.6) is 5.75 Å². The van der Waals surface area contributed by atoms with Crippen molar-refractivity contribution in [3.8, 4) is 16.2 Å². The van der Waals surface area contributed by atoms with Crippen molar-refractivity contribution < 1.29 is 9.53 Å². The number of ether oxygens (including phenoxy) is 1. The number of hydrogen-bond acceptors (Lipinski definition) is 4. The zero-order valence-corrected chi connectivity index (χ0v) is 10.4. The van der Waals surface area contributed by atoms with Gasteiger partial charge in [0.2, 0.25) is 0 Å². The van der Waals surface area contributed by atoms with Gasteiger partial charge in [0.1, 0.15) is 17.0 Å². The van der Waals surface area contributed by atoms with Gasteiger partial charge in [0.15, 0.2) is 0 Å². The van der Waals surface area contributed by atoms with Crippen molar-refractivity contribution in [2.45, 2.75) is 0 Å². The highest BCUT2D eigenvalue weighted by Gasteiger charge is 2.20. The molecule has 18 heavy (non-hydrogen) atoms. The van der Waals surface area contributed by atoms with Crippen LogP contribution in [0.25, 0.3) is 10.4 Å².